The summed E-state index contributed by atoms with van der Waals surface area (Å²) in [6, 6.07) is 142. The molecule has 0 amide bonds. The first-order chi connectivity index (χ1) is 49.0. The van der Waals surface area contributed by atoms with E-state index in [0.717, 1.165) is 33.5 Å². The molecule has 18 aromatic rings. The lowest BCUT2D eigenvalue weighted by molar-refractivity contribution is 1.28. The maximum absolute atomic E-state index is 6.01. The van der Waals surface area contributed by atoms with Crippen LogP contribution in [0.4, 0.5) is 28.4 Å². The van der Waals surface area contributed by atoms with Gasteiger partial charge in [-0.25, -0.2) is 0 Å². The first-order valence-corrected chi connectivity index (χ1v) is 34.1. The minimum atomic E-state index is 0. The summed E-state index contributed by atoms with van der Waals surface area (Å²) < 4.78 is 0. The summed E-state index contributed by atoms with van der Waals surface area (Å²) in [7, 11) is 0. The molecule has 0 fully saturated rings. The van der Waals surface area contributed by atoms with Crippen LogP contribution in [-0.4, -0.2) is 0 Å². The Bertz CT molecular complexity index is 5820. The fourth-order valence-corrected chi connectivity index (χ4v) is 14.0. The second kappa shape index (κ2) is 30.0. The summed E-state index contributed by atoms with van der Waals surface area (Å²) in [6.45, 7) is 0. The van der Waals surface area contributed by atoms with Crippen molar-refractivity contribution in [3.63, 3.8) is 0 Å². The van der Waals surface area contributed by atoms with Crippen LogP contribution in [0.15, 0.2) is 400 Å². The monoisotopic (exact) mass is 1310 g/mol. The quantitative estimate of drug-likeness (QED) is 0.130. The van der Waals surface area contributed by atoms with Gasteiger partial charge in [-0.05, 0) is 216 Å². The van der Waals surface area contributed by atoms with Crippen molar-refractivity contribution in [2.45, 2.75) is 14.9 Å². The molecule has 0 heterocycles. The average Bonchev–Trinajstić information content (AvgIpc) is 0.771. The van der Waals surface area contributed by atoms with Gasteiger partial charge in [-0.3, -0.25) is 0 Å². The molecule has 18 aromatic carbocycles. The second-order valence-electron chi connectivity index (χ2n) is 24.9. The number of rotatable bonds is 11. The van der Waals surface area contributed by atoms with Gasteiger partial charge in [-0.2, -0.15) is 0 Å². The molecule has 0 bridgehead atoms. The van der Waals surface area contributed by atoms with Crippen molar-refractivity contribution in [3.05, 3.63) is 405 Å². The Hall–Kier alpha value is -12.6. The SMILES string of the molecule is C.C.Clc1ccc(-c2cc3ccccc3c3ccccc23)cc1.c1ccc(-c2ccc(N(c3ccc(-c4cccc5ccccc45)cc3)c3ccc(-c4cc5ccccc5c5ccccc45)cc3)cc2)cc1.c1ccc(-c2ccc(Nc3ccc(-c4cccc5ccccc45)cc3)cc2)cc1. The van der Waals surface area contributed by atoms with Gasteiger partial charge in [-0.15, -0.1) is 0 Å². The summed E-state index contributed by atoms with van der Waals surface area (Å²) in [5, 5.41) is 19.6. The van der Waals surface area contributed by atoms with Crippen molar-refractivity contribution in [2.24, 2.45) is 0 Å². The van der Waals surface area contributed by atoms with Crippen molar-refractivity contribution < 1.29 is 0 Å². The van der Waals surface area contributed by atoms with E-state index in [0.29, 0.717) is 0 Å². The highest BCUT2D eigenvalue weighted by Crippen LogP contribution is 2.42. The molecule has 0 saturated carbocycles. The average molecular weight is 1320 g/mol. The van der Waals surface area contributed by atoms with Crippen LogP contribution in [0, 0.1) is 0 Å². The van der Waals surface area contributed by atoms with Crippen molar-refractivity contribution in [3.8, 4) is 66.8 Å². The molecular weight excluding hydrogens is 1240 g/mol. The van der Waals surface area contributed by atoms with Gasteiger partial charge in [0.2, 0.25) is 0 Å². The van der Waals surface area contributed by atoms with Crippen LogP contribution in [0.5, 0.6) is 0 Å². The third-order valence-electron chi connectivity index (χ3n) is 18.9. The zero-order valence-corrected chi connectivity index (χ0v) is 55.2. The van der Waals surface area contributed by atoms with Gasteiger partial charge in [0.15, 0.2) is 0 Å². The zero-order valence-electron chi connectivity index (χ0n) is 54.4. The molecule has 0 aromatic heterocycles. The van der Waals surface area contributed by atoms with Gasteiger partial charge >= 0.3 is 0 Å². The smallest absolute Gasteiger partial charge is 0.0462 e. The van der Waals surface area contributed by atoms with Gasteiger partial charge in [0.1, 0.15) is 0 Å². The Balaban J connectivity index is 0.000000141. The fraction of sp³-hybridized carbons (Fsp3) is 0.0204. The van der Waals surface area contributed by atoms with E-state index in [1.165, 1.54) is 131 Å². The van der Waals surface area contributed by atoms with Crippen LogP contribution in [0.1, 0.15) is 14.9 Å². The first kappa shape index (κ1) is 65.7. The van der Waals surface area contributed by atoms with Crippen LogP contribution in [0.2, 0.25) is 5.02 Å². The molecule has 2 nitrogen and oxygen atoms in total. The van der Waals surface area contributed by atoms with Crippen LogP contribution in [0.3, 0.4) is 0 Å². The third-order valence-corrected chi connectivity index (χ3v) is 19.1. The van der Waals surface area contributed by atoms with Crippen molar-refractivity contribution in [1.29, 1.82) is 0 Å². The maximum Gasteiger partial charge on any atom is 0.0462 e. The van der Waals surface area contributed by atoms with E-state index in [4.69, 9.17) is 11.6 Å². The summed E-state index contributed by atoms with van der Waals surface area (Å²) >= 11 is 6.01. The molecule has 0 aliphatic rings. The molecule has 0 atom stereocenters. The third kappa shape index (κ3) is 14.0. The zero-order chi connectivity index (χ0) is 66.3. The predicted molar refractivity (Wildman–Crippen MR) is 440 cm³/mol. The summed E-state index contributed by atoms with van der Waals surface area (Å²) in [5.41, 5.74) is 20.2. The van der Waals surface area contributed by atoms with Crippen LogP contribution in [0.25, 0.3) is 131 Å². The van der Waals surface area contributed by atoms with E-state index < -0.39 is 0 Å². The maximum atomic E-state index is 6.01. The summed E-state index contributed by atoms with van der Waals surface area (Å²) in [6.07, 6.45) is 0. The standard InChI is InChI=1S/C48H33N.C28H21N.C20H13Cl.2CH4/c1-2-11-34(12-3-1)35-21-27-40(28-22-35)49(41-29-23-37(24-30-41)44-20-10-15-36-13-4-6-16-43(36)44)42-31-25-38(26-32-42)48-33-39-14-5-7-17-45(39)46-18-8-9-19-47(46)48;1-2-7-21(8-3-1)22-13-17-25(18-14-22)29-26-19-15-24(16-20-26)28-12-6-10-23-9-4-5-11-27(23)28;21-16-11-9-14(10-12-16)20-13-15-5-1-2-6-17(15)18-7-3-4-8-19(18)20;;/h1-33H;1-20,29H;1-13H;2*1H4. The van der Waals surface area contributed by atoms with E-state index in [2.05, 4.69) is 392 Å². The Kier molecular flexibility index (Phi) is 19.5. The Morgan fingerprint density at radius 3 is 0.851 bits per heavy atom. The Labute approximate surface area is 598 Å². The van der Waals surface area contributed by atoms with Crippen molar-refractivity contribution in [1.82, 2.24) is 0 Å². The molecule has 0 saturated heterocycles. The first-order valence-electron chi connectivity index (χ1n) is 33.7. The number of hydrogen-bond donors (Lipinski definition) is 1. The van der Waals surface area contributed by atoms with Crippen LogP contribution in [-0.2, 0) is 0 Å². The van der Waals surface area contributed by atoms with E-state index in [-0.39, 0.29) is 14.9 Å². The van der Waals surface area contributed by atoms with Gasteiger partial charge in [0, 0.05) is 33.5 Å². The van der Waals surface area contributed by atoms with Gasteiger partial charge < -0.3 is 10.2 Å². The van der Waals surface area contributed by atoms with E-state index in [1.54, 1.807) is 0 Å². The number of nitrogens with zero attached hydrogens (tertiary/aromatic N) is 1. The van der Waals surface area contributed by atoms with Crippen molar-refractivity contribution in [2.75, 3.05) is 10.2 Å². The van der Waals surface area contributed by atoms with E-state index in [9.17, 15) is 0 Å². The number of nitrogens with one attached hydrogen (secondary N) is 1. The highest BCUT2D eigenvalue weighted by molar-refractivity contribution is 6.30. The molecule has 0 aliphatic carbocycles. The number of fused-ring (bicyclic) bond motifs is 8. The number of halogens is 1. The minimum absolute atomic E-state index is 0. The lowest BCUT2D eigenvalue weighted by atomic mass is 9.93. The fourth-order valence-electron chi connectivity index (χ4n) is 13.9. The molecule has 101 heavy (non-hydrogen) atoms. The lowest BCUT2D eigenvalue weighted by Crippen LogP contribution is -2.09. The molecule has 1 N–H and O–H groups in total. The molecular formula is C98H75ClN2. The molecule has 0 aliphatic heterocycles. The molecule has 484 valence electrons. The highest BCUT2D eigenvalue weighted by Gasteiger charge is 2.17. The molecule has 0 radical (unpaired) electrons. The van der Waals surface area contributed by atoms with Crippen LogP contribution >= 0.6 is 11.6 Å². The Morgan fingerprint density at radius 2 is 0.455 bits per heavy atom. The summed E-state index contributed by atoms with van der Waals surface area (Å²) in [5.74, 6) is 0. The predicted octanol–water partition coefficient (Wildman–Crippen LogP) is 29.1. The van der Waals surface area contributed by atoms with Gasteiger partial charge in [-0.1, -0.05) is 342 Å². The Morgan fingerprint density at radius 1 is 0.188 bits per heavy atom. The topological polar surface area (TPSA) is 15.3 Å². The van der Waals surface area contributed by atoms with Gasteiger partial charge in [0.25, 0.3) is 0 Å². The normalized spacial score (nSPS) is 10.9. The van der Waals surface area contributed by atoms with Crippen LogP contribution < -0.4 is 10.2 Å². The second-order valence-corrected chi connectivity index (χ2v) is 25.4. The van der Waals surface area contributed by atoms with E-state index >= 15 is 0 Å². The molecule has 3 heteroatoms. The number of hydrogen-bond acceptors (Lipinski definition) is 2. The van der Waals surface area contributed by atoms with Crippen molar-refractivity contribution >= 4 is 105 Å². The molecule has 0 unspecified atom stereocenters. The largest absolute Gasteiger partial charge is 0.356 e. The lowest BCUT2D eigenvalue weighted by Gasteiger charge is -2.26. The summed E-state index contributed by atoms with van der Waals surface area (Å²) in [4.78, 5) is 2.35. The minimum Gasteiger partial charge on any atom is -0.356 e. The highest BCUT2D eigenvalue weighted by atomic mass is 35.5. The van der Waals surface area contributed by atoms with E-state index in [1.807, 2.05) is 18.2 Å². The van der Waals surface area contributed by atoms with Gasteiger partial charge in [0.05, 0.1) is 0 Å². The number of anilines is 5. The molecule has 0 spiro atoms. The number of benzene rings is 18. The molecule has 18 rings (SSSR count).